The Bertz CT molecular complexity index is 831. The van der Waals surface area contributed by atoms with Gasteiger partial charge in [-0.15, -0.1) is 0 Å². The van der Waals surface area contributed by atoms with Gasteiger partial charge in [-0.2, -0.15) is 9.78 Å². The number of hydrogen-bond donors (Lipinski definition) is 1. The third kappa shape index (κ3) is 3.67. The number of carbonyl (C=O) groups is 1. The third-order valence-corrected chi connectivity index (χ3v) is 4.37. The van der Waals surface area contributed by atoms with Crippen LogP contribution >= 0.6 is 11.6 Å². The van der Waals surface area contributed by atoms with E-state index in [1.165, 1.54) is 13.3 Å². The number of methoxy groups -OCH3 is 1. The highest BCUT2D eigenvalue weighted by Crippen LogP contribution is 2.20. The summed E-state index contributed by atoms with van der Waals surface area (Å²) in [4.78, 5) is 24.5. The molecule has 8 heteroatoms. The minimum absolute atomic E-state index is 0.00710. The lowest BCUT2D eigenvalue weighted by Gasteiger charge is -2.14. The topological polar surface area (TPSA) is 82.5 Å². The lowest BCUT2D eigenvalue weighted by Crippen LogP contribution is -2.26. The fourth-order valence-electron chi connectivity index (χ4n) is 2.70. The first-order valence-corrected chi connectivity index (χ1v) is 8.30. The van der Waals surface area contributed by atoms with Crippen LogP contribution in [0, 0.1) is 0 Å². The van der Waals surface area contributed by atoms with Crippen molar-refractivity contribution in [2.45, 2.75) is 18.9 Å². The highest BCUT2D eigenvalue weighted by molar-refractivity contribution is 6.33. The second-order valence-electron chi connectivity index (χ2n) is 5.61. The third-order valence-electron chi connectivity index (χ3n) is 4.00. The molecule has 1 aliphatic heterocycles. The van der Waals surface area contributed by atoms with Crippen molar-refractivity contribution in [3.05, 3.63) is 51.4 Å². The fourth-order valence-corrected chi connectivity index (χ4v) is 2.89. The molecule has 2 aromatic rings. The zero-order chi connectivity index (χ0) is 17.8. The molecule has 1 unspecified atom stereocenters. The molecule has 0 radical (unpaired) electrons. The van der Waals surface area contributed by atoms with Crippen LogP contribution in [-0.2, 0) is 9.47 Å². The van der Waals surface area contributed by atoms with Crippen LogP contribution in [0.2, 0.25) is 5.02 Å². The van der Waals surface area contributed by atoms with Crippen LogP contribution in [-0.4, -0.2) is 42.1 Å². The van der Waals surface area contributed by atoms with E-state index < -0.39 is 11.5 Å². The van der Waals surface area contributed by atoms with Gasteiger partial charge in [0.25, 0.3) is 5.56 Å². The zero-order valence-electron chi connectivity index (χ0n) is 13.7. The van der Waals surface area contributed by atoms with E-state index in [9.17, 15) is 9.59 Å². The summed E-state index contributed by atoms with van der Waals surface area (Å²) in [6.45, 7) is 1.31. The van der Waals surface area contributed by atoms with E-state index >= 15 is 0 Å². The van der Waals surface area contributed by atoms with Crippen LogP contribution in [0.5, 0.6) is 0 Å². The first kappa shape index (κ1) is 17.4. The molecule has 1 aromatic heterocycles. The number of hydrogen-bond acceptors (Lipinski definition) is 6. The highest BCUT2D eigenvalue weighted by Gasteiger charge is 2.19. The van der Waals surface area contributed by atoms with Crippen molar-refractivity contribution in [2.75, 3.05) is 25.6 Å². The molecule has 1 atom stereocenters. The molecule has 132 valence electrons. The Morgan fingerprint density at radius 3 is 3.00 bits per heavy atom. The number of nitrogens with zero attached hydrogens (tertiary/aromatic N) is 2. The van der Waals surface area contributed by atoms with Crippen molar-refractivity contribution >= 4 is 23.3 Å². The van der Waals surface area contributed by atoms with Crippen LogP contribution in [0.3, 0.4) is 0 Å². The van der Waals surface area contributed by atoms with E-state index in [2.05, 4.69) is 10.4 Å². The Morgan fingerprint density at radius 2 is 2.28 bits per heavy atom. The Hall–Kier alpha value is -2.38. The van der Waals surface area contributed by atoms with Gasteiger partial charge in [-0.1, -0.05) is 23.7 Å². The second kappa shape index (κ2) is 7.67. The number of esters is 1. The summed E-state index contributed by atoms with van der Waals surface area (Å²) in [5.41, 5.74) is 0.465. The first-order chi connectivity index (χ1) is 12.1. The molecular formula is C17H18ClN3O4. The van der Waals surface area contributed by atoms with Gasteiger partial charge in [0.15, 0.2) is 0 Å². The molecule has 0 saturated carbocycles. The summed E-state index contributed by atoms with van der Waals surface area (Å²) >= 11 is 6.21. The SMILES string of the molecule is COC(=O)c1ccccc1-n1ncc(NCC2CCCO2)c(Cl)c1=O. The maximum atomic E-state index is 12.6. The monoisotopic (exact) mass is 363 g/mol. The molecule has 0 amide bonds. The molecule has 0 bridgehead atoms. The van der Waals surface area contributed by atoms with Gasteiger partial charge in [0.1, 0.15) is 5.02 Å². The van der Waals surface area contributed by atoms with E-state index in [0.29, 0.717) is 17.9 Å². The number of aromatic nitrogens is 2. The number of nitrogens with one attached hydrogen (secondary N) is 1. The van der Waals surface area contributed by atoms with Crippen LogP contribution < -0.4 is 10.9 Å². The molecule has 3 rings (SSSR count). The summed E-state index contributed by atoms with van der Waals surface area (Å²) in [5.74, 6) is -0.555. The number of para-hydroxylation sites is 1. The summed E-state index contributed by atoms with van der Waals surface area (Å²) in [7, 11) is 1.28. The minimum atomic E-state index is -0.555. The Kier molecular flexibility index (Phi) is 5.35. The highest BCUT2D eigenvalue weighted by atomic mass is 35.5. The van der Waals surface area contributed by atoms with Gasteiger partial charge < -0.3 is 14.8 Å². The molecule has 0 spiro atoms. The van der Waals surface area contributed by atoms with E-state index in [-0.39, 0.29) is 16.7 Å². The molecule has 2 heterocycles. The van der Waals surface area contributed by atoms with Gasteiger partial charge in [-0.3, -0.25) is 4.79 Å². The molecule has 1 saturated heterocycles. The molecule has 1 aliphatic rings. The number of halogens is 1. The summed E-state index contributed by atoms with van der Waals surface area (Å²) in [6.07, 6.45) is 3.58. The lowest BCUT2D eigenvalue weighted by atomic mass is 10.2. The lowest BCUT2D eigenvalue weighted by molar-refractivity contribution is 0.0600. The molecule has 1 fully saturated rings. The van der Waals surface area contributed by atoms with Gasteiger partial charge in [0.05, 0.1) is 36.3 Å². The summed E-state index contributed by atoms with van der Waals surface area (Å²) < 4.78 is 11.4. The van der Waals surface area contributed by atoms with Crippen molar-refractivity contribution in [1.82, 2.24) is 9.78 Å². The van der Waals surface area contributed by atoms with Gasteiger partial charge in [-0.05, 0) is 25.0 Å². The first-order valence-electron chi connectivity index (χ1n) is 7.93. The van der Waals surface area contributed by atoms with Gasteiger partial charge >= 0.3 is 5.97 Å². The largest absolute Gasteiger partial charge is 0.465 e. The maximum Gasteiger partial charge on any atom is 0.340 e. The smallest absolute Gasteiger partial charge is 0.340 e. The number of benzene rings is 1. The minimum Gasteiger partial charge on any atom is -0.465 e. The van der Waals surface area contributed by atoms with Crippen molar-refractivity contribution < 1.29 is 14.3 Å². The summed E-state index contributed by atoms with van der Waals surface area (Å²) in [6, 6.07) is 6.55. The van der Waals surface area contributed by atoms with Crippen LogP contribution in [0.1, 0.15) is 23.2 Å². The van der Waals surface area contributed by atoms with Gasteiger partial charge in [0, 0.05) is 13.2 Å². The zero-order valence-corrected chi connectivity index (χ0v) is 14.5. The molecule has 1 N–H and O–H groups in total. The number of rotatable bonds is 5. The van der Waals surface area contributed by atoms with Crippen LogP contribution in [0.25, 0.3) is 5.69 Å². The Morgan fingerprint density at radius 1 is 1.48 bits per heavy atom. The molecule has 7 nitrogen and oxygen atoms in total. The van der Waals surface area contributed by atoms with Crippen molar-refractivity contribution in [3.8, 4) is 5.69 Å². The number of ether oxygens (including phenoxy) is 2. The molecule has 25 heavy (non-hydrogen) atoms. The van der Waals surface area contributed by atoms with E-state index in [0.717, 1.165) is 24.1 Å². The average molecular weight is 364 g/mol. The standard InChI is InChI=1S/C17H18ClN3O4/c1-24-17(23)12-6-2-3-7-14(12)21-16(22)15(18)13(10-20-21)19-9-11-5-4-8-25-11/h2-3,6-7,10-11,19H,4-5,8-9H2,1H3. The predicted molar refractivity (Wildman–Crippen MR) is 93.6 cm³/mol. The van der Waals surface area contributed by atoms with Crippen molar-refractivity contribution in [3.63, 3.8) is 0 Å². The van der Waals surface area contributed by atoms with Crippen molar-refractivity contribution in [2.24, 2.45) is 0 Å². The van der Waals surface area contributed by atoms with E-state index in [1.54, 1.807) is 24.3 Å². The van der Waals surface area contributed by atoms with Crippen LogP contribution in [0.15, 0.2) is 35.3 Å². The van der Waals surface area contributed by atoms with E-state index in [4.69, 9.17) is 21.1 Å². The maximum absolute atomic E-state index is 12.6. The number of carbonyl (C=O) groups excluding carboxylic acids is 1. The van der Waals surface area contributed by atoms with E-state index in [1.807, 2.05) is 0 Å². The Labute approximate surface area is 149 Å². The predicted octanol–water partition coefficient (Wildman–Crippen LogP) is 2.26. The van der Waals surface area contributed by atoms with Gasteiger partial charge in [0.2, 0.25) is 0 Å². The Balaban J connectivity index is 1.90. The quantitative estimate of drug-likeness (QED) is 0.820. The van der Waals surface area contributed by atoms with Crippen LogP contribution in [0.4, 0.5) is 5.69 Å². The van der Waals surface area contributed by atoms with Crippen molar-refractivity contribution in [1.29, 1.82) is 0 Å². The van der Waals surface area contributed by atoms with Gasteiger partial charge in [-0.25, -0.2) is 4.79 Å². The number of anilines is 1. The summed E-state index contributed by atoms with van der Waals surface area (Å²) in [5, 5.41) is 7.25. The molecule has 0 aliphatic carbocycles. The average Bonchev–Trinajstić information content (AvgIpc) is 3.16. The normalized spacial score (nSPS) is 16.6. The fraction of sp³-hybridized carbons (Fsp3) is 0.353. The molecule has 1 aromatic carbocycles. The molecular weight excluding hydrogens is 346 g/mol. The second-order valence-corrected chi connectivity index (χ2v) is 5.99.